The summed E-state index contributed by atoms with van der Waals surface area (Å²) in [4.78, 5) is 5.48. The van der Waals surface area contributed by atoms with Gasteiger partial charge < -0.3 is 4.74 Å². The highest BCUT2D eigenvalue weighted by molar-refractivity contribution is 8.27. The Morgan fingerprint density at radius 3 is 2.41 bits per heavy atom. The second-order valence-electron chi connectivity index (χ2n) is 7.02. The van der Waals surface area contributed by atoms with Gasteiger partial charge in [0.25, 0.3) is 0 Å². The van der Waals surface area contributed by atoms with Crippen molar-refractivity contribution < 1.29 is 13.8 Å². The summed E-state index contributed by atoms with van der Waals surface area (Å²) >= 11 is 0. The van der Waals surface area contributed by atoms with E-state index in [1.165, 1.54) is 11.0 Å². The van der Waals surface area contributed by atoms with Crippen LogP contribution in [0.25, 0.3) is 6.08 Å². The normalized spacial score (nSPS) is 20.4. The van der Waals surface area contributed by atoms with Gasteiger partial charge in [-0.15, -0.1) is 10.6 Å². The van der Waals surface area contributed by atoms with Crippen molar-refractivity contribution in [2.45, 2.75) is 11.4 Å². The zero-order chi connectivity index (χ0) is 18.7. The number of rotatable bonds is 6. The van der Waals surface area contributed by atoms with E-state index < -0.39 is 10.6 Å². The van der Waals surface area contributed by atoms with Crippen molar-refractivity contribution in [2.75, 3.05) is 39.3 Å². The highest BCUT2D eigenvalue weighted by Crippen LogP contribution is 2.57. The van der Waals surface area contributed by atoms with E-state index in [0.717, 1.165) is 50.6 Å². The number of fused-ring (bicyclic) bond motifs is 1. The van der Waals surface area contributed by atoms with Crippen molar-refractivity contribution in [3.8, 4) is 5.75 Å². The summed E-state index contributed by atoms with van der Waals surface area (Å²) < 4.78 is 26.0. The molecule has 144 valence electrons. The Morgan fingerprint density at radius 2 is 1.63 bits per heavy atom. The Labute approximate surface area is 162 Å². The lowest BCUT2D eigenvalue weighted by molar-refractivity contribution is 0.112. The predicted molar refractivity (Wildman–Crippen MR) is 110 cm³/mol. The van der Waals surface area contributed by atoms with Crippen LogP contribution in [-0.4, -0.2) is 58.2 Å². The first-order valence-electron chi connectivity index (χ1n) is 9.33. The van der Waals surface area contributed by atoms with Crippen LogP contribution in [0.15, 0.2) is 58.8 Å². The van der Waals surface area contributed by atoms with Crippen molar-refractivity contribution in [1.29, 1.82) is 0 Å². The highest BCUT2D eigenvalue weighted by atomic mass is 32.3. The fourth-order valence-corrected chi connectivity index (χ4v) is 4.85. The van der Waals surface area contributed by atoms with Gasteiger partial charge in [0.05, 0.1) is 4.90 Å². The molecule has 0 saturated carbocycles. The molecule has 1 saturated heterocycles. The van der Waals surface area contributed by atoms with Crippen LogP contribution in [0.3, 0.4) is 0 Å². The van der Waals surface area contributed by atoms with Crippen LogP contribution in [0.2, 0.25) is 0 Å². The SMILES string of the molecule is OS1(O)C=Cc2c(OCCN3CCN(Cc4ccccc4)CC3)cccc21. The number of benzene rings is 2. The van der Waals surface area contributed by atoms with Crippen LogP contribution in [0, 0.1) is 0 Å². The molecule has 2 aliphatic heterocycles. The lowest BCUT2D eigenvalue weighted by Gasteiger charge is -2.34. The molecule has 1 fully saturated rings. The van der Waals surface area contributed by atoms with E-state index in [9.17, 15) is 9.11 Å². The minimum absolute atomic E-state index is 0.564. The molecule has 0 aromatic heterocycles. The number of hydrogen-bond acceptors (Lipinski definition) is 5. The second kappa shape index (κ2) is 8.04. The third kappa shape index (κ3) is 4.36. The molecule has 2 aliphatic rings. The zero-order valence-electron chi connectivity index (χ0n) is 15.3. The van der Waals surface area contributed by atoms with Gasteiger partial charge in [0.2, 0.25) is 0 Å². The fourth-order valence-electron chi connectivity index (χ4n) is 3.61. The van der Waals surface area contributed by atoms with E-state index in [1.54, 1.807) is 12.1 Å². The molecular formula is C21H26N2O3S. The molecule has 0 radical (unpaired) electrons. The maximum Gasteiger partial charge on any atom is 0.128 e. The van der Waals surface area contributed by atoms with Crippen molar-refractivity contribution in [1.82, 2.24) is 9.80 Å². The molecule has 4 rings (SSSR count). The van der Waals surface area contributed by atoms with Crippen LogP contribution < -0.4 is 4.74 Å². The van der Waals surface area contributed by atoms with E-state index in [1.807, 2.05) is 12.1 Å². The maximum absolute atomic E-state index is 10.0. The maximum atomic E-state index is 10.0. The van der Waals surface area contributed by atoms with Gasteiger partial charge in [-0.3, -0.25) is 18.9 Å². The first kappa shape index (κ1) is 18.5. The molecule has 0 aliphatic carbocycles. The van der Waals surface area contributed by atoms with Crippen LogP contribution in [0.1, 0.15) is 11.1 Å². The van der Waals surface area contributed by atoms with E-state index in [2.05, 4.69) is 40.1 Å². The molecule has 0 atom stereocenters. The standard InChI is InChI=1S/C21H26N2O3S/c24-27(25)16-9-19-20(7-4-8-21(19)27)26-15-14-22-10-12-23(13-11-22)17-18-5-2-1-3-6-18/h1-9,16,24-25H,10-15,17H2. The molecule has 5 nitrogen and oxygen atoms in total. The van der Waals surface area contributed by atoms with Crippen LogP contribution in [0.4, 0.5) is 0 Å². The lowest BCUT2D eigenvalue weighted by Crippen LogP contribution is -2.47. The summed E-state index contributed by atoms with van der Waals surface area (Å²) in [6.07, 6.45) is 1.75. The average molecular weight is 387 g/mol. The van der Waals surface area contributed by atoms with Gasteiger partial charge in [-0.05, 0) is 23.8 Å². The second-order valence-corrected chi connectivity index (χ2v) is 8.91. The van der Waals surface area contributed by atoms with Crippen LogP contribution >= 0.6 is 10.6 Å². The molecule has 0 amide bonds. The first-order chi connectivity index (χ1) is 13.1. The number of hydrogen-bond donors (Lipinski definition) is 2. The smallest absolute Gasteiger partial charge is 0.128 e. The van der Waals surface area contributed by atoms with E-state index in [4.69, 9.17) is 4.74 Å². The molecule has 27 heavy (non-hydrogen) atoms. The first-order valence-corrected chi connectivity index (χ1v) is 10.9. The Balaban J connectivity index is 1.24. The van der Waals surface area contributed by atoms with Gasteiger partial charge in [0, 0.05) is 50.2 Å². The Morgan fingerprint density at radius 1 is 0.889 bits per heavy atom. The van der Waals surface area contributed by atoms with Crippen molar-refractivity contribution in [3.05, 3.63) is 65.1 Å². The summed E-state index contributed by atoms with van der Waals surface area (Å²) in [5, 5.41) is 1.47. The zero-order valence-corrected chi connectivity index (χ0v) is 16.1. The van der Waals surface area contributed by atoms with E-state index >= 15 is 0 Å². The molecule has 0 spiro atoms. The summed E-state index contributed by atoms with van der Waals surface area (Å²) in [6, 6.07) is 16.1. The summed E-state index contributed by atoms with van der Waals surface area (Å²) in [7, 11) is -2.78. The van der Waals surface area contributed by atoms with Gasteiger partial charge in [-0.25, -0.2) is 0 Å². The topological polar surface area (TPSA) is 56.2 Å². The van der Waals surface area contributed by atoms with Gasteiger partial charge >= 0.3 is 0 Å². The van der Waals surface area contributed by atoms with Crippen molar-refractivity contribution in [2.24, 2.45) is 0 Å². The molecule has 0 unspecified atom stereocenters. The largest absolute Gasteiger partial charge is 0.492 e. The predicted octanol–water partition coefficient (Wildman–Crippen LogP) is 3.98. The third-order valence-corrected chi connectivity index (χ3v) is 6.67. The van der Waals surface area contributed by atoms with E-state index in [-0.39, 0.29) is 0 Å². The number of nitrogens with zero attached hydrogens (tertiary/aromatic N) is 2. The van der Waals surface area contributed by atoms with Gasteiger partial charge in [-0.1, -0.05) is 36.4 Å². The van der Waals surface area contributed by atoms with Gasteiger partial charge in [0.15, 0.2) is 0 Å². The summed E-state index contributed by atoms with van der Waals surface area (Å²) in [6.45, 7) is 6.72. The Hall–Kier alpha value is -1.83. The van der Waals surface area contributed by atoms with Crippen molar-refractivity contribution >= 4 is 16.7 Å². The molecule has 2 heterocycles. The summed E-state index contributed by atoms with van der Waals surface area (Å²) in [5.41, 5.74) is 2.16. The summed E-state index contributed by atoms with van der Waals surface area (Å²) in [5.74, 6) is 0.726. The fraction of sp³-hybridized carbons (Fsp3) is 0.333. The third-order valence-electron chi connectivity index (χ3n) is 5.15. The highest BCUT2D eigenvalue weighted by Gasteiger charge is 2.24. The lowest BCUT2D eigenvalue weighted by atomic mass is 10.2. The quantitative estimate of drug-likeness (QED) is 0.787. The molecule has 2 aromatic rings. The number of piperazine rings is 1. The average Bonchev–Trinajstić information content (AvgIpc) is 3.00. The minimum atomic E-state index is -2.78. The molecule has 0 bridgehead atoms. The molecule has 6 heteroatoms. The molecule has 2 N–H and O–H groups in total. The monoisotopic (exact) mass is 386 g/mol. The number of ether oxygens (including phenoxy) is 1. The van der Waals surface area contributed by atoms with Gasteiger partial charge in [-0.2, -0.15) is 0 Å². The Bertz CT molecular complexity index is 802. The Kier molecular flexibility index (Phi) is 5.52. The minimum Gasteiger partial charge on any atom is -0.492 e. The van der Waals surface area contributed by atoms with Crippen LogP contribution in [-0.2, 0) is 6.54 Å². The van der Waals surface area contributed by atoms with Gasteiger partial charge in [0.1, 0.15) is 12.4 Å². The molecule has 2 aromatic carbocycles. The van der Waals surface area contributed by atoms with Crippen molar-refractivity contribution in [3.63, 3.8) is 0 Å². The molecular weight excluding hydrogens is 360 g/mol. The van der Waals surface area contributed by atoms with Crippen LogP contribution in [0.5, 0.6) is 5.75 Å². The van der Waals surface area contributed by atoms with E-state index in [0.29, 0.717) is 11.5 Å².